The molecule has 0 N–H and O–H groups in total. The Labute approximate surface area is 96.9 Å². The second-order valence-electron chi connectivity index (χ2n) is 3.05. The average Bonchev–Trinajstić information content (AvgIpc) is 2.55. The number of alkyl halides is 1. The van der Waals surface area contributed by atoms with Gasteiger partial charge in [0.2, 0.25) is 5.69 Å². The molecule has 0 spiro atoms. The molecule has 0 aliphatic heterocycles. The Kier molecular flexibility index (Phi) is 3.89. The highest BCUT2D eigenvalue weighted by molar-refractivity contribution is 6.17. The van der Waals surface area contributed by atoms with Crippen molar-refractivity contribution in [3.63, 3.8) is 0 Å². The van der Waals surface area contributed by atoms with Crippen molar-refractivity contribution in [3.8, 4) is 0 Å². The van der Waals surface area contributed by atoms with Gasteiger partial charge in [-0.15, -0.1) is 11.6 Å². The van der Waals surface area contributed by atoms with E-state index in [-0.39, 0.29) is 24.0 Å². The number of hydrogen-bond acceptors (Lipinski definition) is 4. The van der Waals surface area contributed by atoms with Crippen LogP contribution in [0, 0.1) is 10.1 Å². The van der Waals surface area contributed by atoms with Crippen molar-refractivity contribution in [2.75, 3.05) is 6.61 Å². The Bertz CT molecular complexity index is 427. The zero-order chi connectivity index (χ0) is 12.3. The zero-order valence-corrected chi connectivity index (χ0v) is 9.65. The molecule has 0 radical (unpaired) electrons. The van der Waals surface area contributed by atoms with Gasteiger partial charge >= 0.3 is 11.8 Å². The lowest BCUT2D eigenvalue weighted by molar-refractivity contribution is -0.392. The molecular weight excluding hydrogens is 236 g/mol. The zero-order valence-electron chi connectivity index (χ0n) is 8.90. The fourth-order valence-corrected chi connectivity index (χ4v) is 1.59. The minimum atomic E-state index is -0.593. The molecule has 0 saturated carbocycles. The molecule has 0 fully saturated rings. The molecule has 7 heteroatoms. The third-order valence-electron chi connectivity index (χ3n) is 2.08. The number of rotatable bonds is 4. The standard InChI is InChI=1S/C9H11ClN2O4/c1-3-16-9(13)7-4-6(5-10)8(11(7)2)12(14)15/h4H,3,5H2,1-2H3. The van der Waals surface area contributed by atoms with E-state index in [1.165, 1.54) is 17.7 Å². The van der Waals surface area contributed by atoms with Crippen molar-refractivity contribution in [3.05, 3.63) is 27.4 Å². The van der Waals surface area contributed by atoms with Gasteiger partial charge < -0.3 is 14.9 Å². The molecule has 0 atom stereocenters. The fraction of sp³-hybridized carbons (Fsp3) is 0.444. The van der Waals surface area contributed by atoms with Crippen LogP contribution in [0.25, 0.3) is 0 Å². The van der Waals surface area contributed by atoms with Crippen LogP contribution in [0.2, 0.25) is 0 Å². The fourth-order valence-electron chi connectivity index (χ4n) is 1.39. The molecule has 1 aromatic rings. The largest absolute Gasteiger partial charge is 0.460 e. The Morgan fingerprint density at radius 3 is 2.69 bits per heavy atom. The van der Waals surface area contributed by atoms with E-state index in [2.05, 4.69) is 0 Å². The maximum atomic E-state index is 11.5. The number of carbonyl (C=O) groups is 1. The van der Waals surface area contributed by atoms with Gasteiger partial charge in [0.05, 0.1) is 25.1 Å². The number of ether oxygens (including phenoxy) is 1. The second-order valence-corrected chi connectivity index (χ2v) is 3.32. The molecule has 1 rings (SSSR count). The van der Waals surface area contributed by atoms with E-state index in [0.29, 0.717) is 5.56 Å². The second kappa shape index (κ2) is 4.98. The van der Waals surface area contributed by atoms with Gasteiger partial charge in [0, 0.05) is 6.07 Å². The maximum absolute atomic E-state index is 11.5. The number of carbonyl (C=O) groups excluding carboxylic acids is 1. The van der Waals surface area contributed by atoms with E-state index in [9.17, 15) is 14.9 Å². The normalized spacial score (nSPS) is 10.2. The Balaban J connectivity index is 3.23. The predicted octanol–water partition coefficient (Wildman–Crippen LogP) is 1.85. The van der Waals surface area contributed by atoms with E-state index in [0.717, 1.165) is 0 Å². The highest BCUT2D eigenvalue weighted by Gasteiger charge is 2.26. The summed E-state index contributed by atoms with van der Waals surface area (Å²) in [5.41, 5.74) is 0.432. The first-order valence-electron chi connectivity index (χ1n) is 4.59. The first-order valence-corrected chi connectivity index (χ1v) is 5.12. The van der Waals surface area contributed by atoms with Crippen LogP contribution in [0.5, 0.6) is 0 Å². The highest BCUT2D eigenvalue weighted by Crippen LogP contribution is 2.24. The van der Waals surface area contributed by atoms with Crippen molar-refractivity contribution in [1.82, 2.24) is 4.57 Å². The van der Waals surface area contributed by atoms with Crippen LogP contribution >= 0.6 is 11.6 Å². The third-order valence-corrected chi connectivity index (χ3v) is 2.37. The van der Waals surface area contributed by atoms with Crippen LogP contribution in [-0.2, 0) is 17.7 Å². The lowest BCUT2D eigenvalue weighted by Crippen LogP contribution is -2.10. The van der Waals surface area contributed by atoms with Gasteiger partial charge in [0.1, 0.15) is 0 Å². The number of nitrogens with zero attached hydrogens (tertiary/aromatic N) is 2. The van der Waals surface area contributed by atoms with E-state index < -0.39 is 10.9 Å². The summed E-state index contributed by atoms with van der Waals surface area (Å²) in [5, 5.41) is 10.8. The van der Waals surface area contributed by atoms with Crippen LogP contribution < -0.4 is 0 Å². The molecule has 1 aromatic heterocycles. The van der Waals surface area contributed by atoms with Gasteiger partial charge in [0.15, 0.2) is 0 Å². The molecule has 6 nitrogen and oxygen atoms in total. The van der Waals surface area contributed by atoms with Crippen LogP contribution in [0.4, 0.5) is 5.82 Å². The van der Waals surface area contributed by atoms with Gasteiger partial charge in [0.25, 0.3) is 0 Å². The Hall–Kier alpha value is -1.56. The number of nitro groups is 1. The lowest BCUT2D eigenvalue weighted by Gasteiger charge is -2.00. The maximum Gasteiger partial charge on any atom is 0.378 e. The molecule has 0 amide bonds. The van der Waals surface area contributed by atoms with E-state index in [1.807, 2.05) is 0 Å². The highest BCUT2D eigenvalue weighted by atomic mass is 35.5. The average molecular weight is 247 g/mol. The minimum Gasteiger partial charge on any atom is -0.460 e. The van der Waals surface area contributed by atoms with Gasteiger partial charge in [-0.2, -0.15) is 0 Å². The summed E-state index contributed by atoms with van der Waals surface area (Å²) < 4.78 is 5.95. The molecule has 1 heterocycles. The summed E-state index contributed by atoms with van der Waals surface area (Å²) >= 11 is 5.57. The minimum absolute atomic E-state index is 0.0242. The molecule has 0 aliphatic carbocycles. The predicted molar refractivity (Wildman–Crippen MR) is 57.6 cm³/mol. The number of hydrogen-bond donors (Lipinski definition) is 0. The van der Waals surface area contributed by atoms with E-state index >= 15 is 0 Å². The molecule has 0 aliphatic rings. The molecule has 16 heavy (non-hydrogen) atoms. The first-order chi connectivity index (χ1) is 7.52. The molecular formula is C9H11ClN2O4. The van der Waals surface area contributed by atoms with Gasteiger partial charge in [-0.1, -0.05) is 0 Å². The van der Waals surface area contributed by atoms with Crippen molar-refractivity contribution < 1.29 is 14.5 Å². The van der Waals surface area contributed by atoms with E-state index in [4.69, 9.17) is 16.3 Å². The smallest absolute Gasteiger partial charge is 0.378 e. The quantitative estimate of drug-likeness (QED) is 0.352. The van der Waals surface area contributed by atoms with Crippen molar-refractivity contribution in [1.29, 1.82) is 0 Å². The summed E-state index contributed by atoms with van der Waals surface area (Å²) in [5.74, 6) is -0.800. The lowest BCUT2D eigenvalue weighted by atomic mass is 10.3. The molecule has 0 saturated heterocycles. The van der Waals surface area contributed by atoms with Gasteiger partial charge in [-0.25, -0.2) is 9.36 Å². The number of halogens is 1. The monoisotopic (exact) mass is 246 g/mol. The van der Waals surface area contributed by atoms with Crippen molar-refractivity contribution in [2.45, 2.75) is 12.8 Å². The van der Waals surface area contributed by atoms with Gasteiger partial charge in [-0.05, 0) is 11.8 Å². The van der Waals surface area contributed by atoms with Gasteiger partial charge in [-0.3, -0.25) is 0 Å². The summed E-state index contributed by atoms with van der Waals surface area (Å²) in [7, 11) is 1.43. The molecule has 0 unspecified atom stereocenters. The molecule has 88 valence electrons. The summed E-state index contributed by atoms with van der Waals surface area (Å²) in [6.45, 7) is 1.88. The van der Waals surface area contributed by atoms with E-state index in [1.54, 1.807) is 6.92 Å². The molecule has 0 bridgehead atoms. The van der Waals surface area contributed by atoms with Crippen LogP contribution in [0.1, 0.15) is 23.0 Å². The summed E-state index contributed by atoms with van der Waals surface area (Å²) in [4.78, 5) is 21.7. The number of aromatic nitrogens is 1. The third kappa shape index (κ3) is 2.16. The first kappa shape index (κ1) is 12.5. The van der Waals surface area contributed by atoms with Crippen LogP contribution in [-0.4, -0.2) is 22.1 Å². The van der Waals surface area contributed by atoms with Crippen molar-refractivity contribution in [2.24, 2.45) is 7.05 Å². The van der Waals surface area contributed by atoms with Crippen molar-refractivity contribution >= 4 is 23.4 Å². The van der Waals surface area contributed by atoms with Crippen LogP contribution in [0.3, 0.4) is 0 Å². The topological polar surface area (TPSA) is 74.4 Å². The summed E-state index contributed by atoms with van der Waals surface area (Å²) in [6.07, 6.45) is 0. The molecule has 0 aromatic carbocycles. The Morgan fingerprint density at radius 1 is 1.69 bits per heavy atom. The SMILES string of the molecule is CCOC(=O)c1cc(CCl)c([N+](=O)[O-])n1C. The summed E-state index contributed by atoms with van der Waals surface area (Å²) in [6, 6.07) is 1.38. The van der Waals surface area contributed by atoms with Crippen LogP contribution in [0.15, 0.2) is 6.07 Å². The Morgan fingerprint density at radius 2 is 2.31 bits per heavy atom. The number of esters is 1.